The Kier molecular flexibility index (Phi) is 5.88. The van der Waals surface area contributed by atoms with E-state index in [9.17, 15) is 4.79 Å². The Morgan fingerprint density at radius 1 is 1.31 bits per heavy atom. The molecule has 1 aromatic heterocycles. The molecule has 2 aromatic rings. The molecule has 1 saturated heterocycles. The Hall–Kier alpha value is -2.41. The summed E-state index contributed by atoms with van der Waals surface area (Å²) in [5.74, 6) is 1.56. The first-order valence-electron chi connectivity index (χ1n) is 9.24. The van der Waals surface area contributed by atoms with Crippen LogP contribution in [-0.2, 0) is 17.8 Å². The van der Waals surface area contributed by atoms with Gasteiger partial charge < -0.3 is 19.9 Å². The van der Waals surface area contributed by atoms with E-state index in [1.807, 2.05) is 42.7 Å². The van der Waals surface area contributed by atoms with Gasteiger partial charge in [0, 0.05) is 32.4 Å². The quantitative estimate of drug-likeness (QED) is 0.784. The van der Waals surface area contributed by atoms with Crippen molar-refractivity contribution in [1.29, 1.82) is 0 Å². The first-order chi connectivity index (χ1) is 12.6. The van der Waals surface area contributed by atoms with Gasteiger partial charge in [-0.1, -0.05) is 17.7 Å². The summed E-state index contributed by atoms with van der Waals surface area (Å²) in [6.45, 7) is 6.95. The Morgan fingerprint density at radius 3 is 2.73 bits per heavy atom. The van der Waals surface area contributed by atoms with Crippen molar-refractivity contribution in [3.63, 3.8) is 0 Å². The highest BCUT2D eigenvalue weighted by atomic mass is 16.5. The zero-order valence-corrected chi connectivity index (χ0v) is 15.5. The van der Waals surface area contributed by atoms with Gasteiger partial charge in [-0.25, -0.2) is 0 Å². The van der Waals surface area contributed by atoms with Crippen LogP contribution >= 0.6 is 0 Å². The largest absolute Gasteiger partial charge is 0.477 e. The summed E-state index contributed by atoms with van der Waals surface area (Å²) in [6, 6.07) is 7.85. The van der Waals surface area contributed by atoms with E-state index >= 15 is 0 Å². The number of ether oxygens (including phenoxy) is 1. The van der Waals surface area contributed by atoms with Gasteiger partial charge in [0.15, 0.2) is 5.60 Å². The van der Waals surface area contributed by atoms with E-state index in [1.165, 1.54) is 5.56 Å². The van der Waals surface area contributed by atoms with Crippen LogP contribution in [0.5, 0.6) is 5.75 Å². The summed E-state index contributed by atoms with van der Waals surface area (Å²) in [4.78, 5) is 13.0. The minimum absolute atomic E-state index is 0.0536. The second-order valence-electron chi connectivity index (χ2n) is 6.70. The van der Waals surface area contributed by atoms with Crippen LogP contribution < -0.4 is 15.4 Å². The molecular weight excluding hydrogens is 330 g/mol. The topological polar surface area (TPSA) is 81.1 Å². The maximum atomic E-state index is 13.0. The molecule has 0 bridgehead atoms. The van der Waals surface area contributed by atoms with Crippen molar-refractivity contribution in [3.8, 4) is 5.75 Å². The lowest BCUT2D eigenvalue weighted by Crippen LogP contribution is -2.56. The number of piperidine rings is 1. The number of hydrogen-bond acceptors (Lipinski definition) is 5. The first-order valence-corrected chi connectivity index (χ1v) is 9.24. The standard InChI is InChI=1S/C19H27N5O2/c1-3-24-14-22-23-17(24)8-11-21-18(25)19(9-12-20-13-10-19)26-16-6-4-15(2)5-7-16/h4-7,14,20H,3,8-13H2,1-2H3,(H,21,25). The summed E-state index contributed by atoms with van der Waals surface area (Å²) in [6.07, 6.45) is 3.67. The van der Waals surface area contributed by atoms with Crippen molar-refractivity contribution in [2.45, 2.75) is 45.3 Å². The summed E-state index contributed by atoms with van der Waals surface area (Å²) >= 11 is 0. The van der Waals surface area contributed by atoms with Crippen molar-refractivity contribution in [1.82, 2.24) is 25.4 Å². The first kappa shape index (κ1) is 18.4. The monoisotopic (exact) mass is 357 g/mol. The SMILES string of the molecule is CCn1cnnc1CCNC(=O)C1(Oc2ccc(C)cc2)CCNCC1. The number of nitrogens with zero attached hydrogens (tertiary/aromatic N) is 3. The molecular formula is C19H27N5O2. The van der Waals surface area contributed by atoms with Gasteiger partial charge in [-0.15, -0.1) is 10.2 Å². The minimum Gasteiger partial charge on any atom is -0.477 e. The predicted molar refractivity (Wildman–Crippen MR) is 99.1 cm³/mol. The van der Waals surface area contributed by atoms with Crippen molar-refractivity contribution >= 4 is 5.91 Å². The van der Waals surface area contributed by atoms with Crippen LogP contribution in [0.2, 0.25) is 0 Å². The average molecular weight is 357 g/mol. The maximum absolute atomic E-state index is 13.0. The lowest BCUT2D eigenvalue weighted by Gasteiger charge is -2.36. The van der Waals surface area contributed by atoms with Gasteiger partial charge in [-0.2, -0.15) is 0 Å². The van der Waals surface area contributed by atoms with E-state index in [0.29, 0.717) is 25.8 Å². The van der Waals surface area contributed by atoms with Gasteiger partial charge in [0.2, 0.25) is 0 Å². The van der Waals surface area contributed by atoms with E-state index in [4.69, 9.17) is 4.74 Å². The number of amides is 1. The minimum atomic E-state index is -0.820. The smallest absolute Gasteiger partial charge is 0.264 e. The van der Waals surface area contributed by atoms with Gasteiger partial charge >= 0.3 is 0 Å². The van der Waals surface area contributed by atoms with Gasteiger partial charge in [-0.05, 0) is 39.1 Å². The summed E-state index contributed by atoms with van der Waals surface area (Å²) in [5, 5.41) is 14.4. The third-order valence-corrected chi connectivity index (χ3v) is 4.83. The number of aryl methyl sites for hydroxylation is 2. The molecule has 0 radical (unpaired) electrons. The number of nitrogens with one attached hydrogen (secondary N) is 2. The number of carbonyl (C=O) groups excluding carboxylic acids is 1. The molecule has 3 rings (SSSR count). The average Bonchev–Trinajstić information content (AvgIpc) is 3.12. The van der Waals surface area contributed by atoms with Crippen molar-refractivity contribution in [3.05, 3.63) is 42.0 Å². The molecule has 2 N–H and O–H groups in total. The van der Waals surface area contributed by atoms with Gasteiger partial charge in [0.05, 0.1) is 0 Å². The molecule has 0 unspecified atom stereocenters. The molecule has 0 saturated carbocycles. The third-order valence-electron chi connectivity index (χ3n) is 4.83. The van der Waals surface area contributed by atoms with Gasteiger partial charge in [-0.3, -0.25) is 4.79 Å². The van der Waals surface area contributed by atoms with E-state index in [1.54, 1.807) is 6.33 Å². The molecule has 7 nitrogen and oxygen atoms in total. The highest BCUT2D eigenvalue weighted by Crippen LogP contribution is 2.27. The summed E-state index contributed by atoms with van der Waals surface area (Å²) < 4.78 is 8.19. The summed E-state index contributed by atoms with van der Waals surface area (Å²) in [5.41, 5.74) is 0.347. The second kappa shape index (κ2) is 8.31. The Labute approximate surface area is 154 Å². The van der Waals surface area contributed by atoms with E-state index < -0.39 is 5.60 Å². The number of benzene rings is 1. The highest BCUT2D eigenvalue weighted by molar-refractivity contribution is 5.85. The van der Waals surface area contributed by atoms with Crippen LogP contribution in [0.15, 0.2) is 30.6 Å². The molecule has 26 heavy (non-hydrogen) atoms. The molecule has 1 aliphatic rings. The van der Waals surface area contributed by atoms with Gasteiger partial charge in [0.1, 0.15) is 17.9 Å². The van der Waals surface area contributed by atoms with Crippen molar-refractivity contribution in [2.24, 2.45) is 0 Å². The molecule has 0 spiro atoms. The Morgan fingerprint density at radius 2 is 2.04 bits per heavy atom. The second-order valence-corrected chi connectivity index (χ2v) is 6.70. The van der Waals surface area contributed by atoms with Crippen LogP contribution in [-0.4, -0.2) is 45.9 Å². The maximum Gasteiger partial charge on any atom is 0.264 e. The van der Waals surface area contributed by atoms with E-state index in [-0.39, 0.29) is 5.91 Å². The molecule has 2 heterocycles. The van der Waals surface area contributed by atoms with Gasteiger partial charge in [0.25, 0.3) is 5.91 Å². The molecule has 140 valence electrons. The number of rotatable bonds is 7. The van der Waals surface area contributed by atoms with Crippen LogP contribution in [0.4, 0.5) is 0 Å². The molecule has 1 fully saturated rings. The van der Waals surface area contributed by atoms with Crippen LogP contribution in [0, 0.1) is 6.92 Å². The van der Waals surface area contributed by atoms with Crippen LogP contribution in [0.25, 0.3) is 0 Å². The molecule has 1 aromatic carbocycles. The lowest BCUT2D eigenvalue weighted by atomic mass is 9.90. The molecule has 1 aliphatic heterocycles. The fraction of sp³-hybridized carbons (Fsp3) is 0.526. The zero-order chi connectivity index (χ0) is 18.4. The third kappa shape index (κ3) is 4.22. The van der Waals surface area contributed by atoms with Crippen molar-refractivity contribution in [2.75, 3.05) is 19.6 Å². The Balaban J connectivity index is 1.64. The molecule has 0 aliphatic carbocycles. The normalized spacial score (nSPS) is 16.2. The van der Waals surface area contributed by atoms with Crippen molar-refractivity contribution < 1.29 is 9.53 Å². The van der Waals surface area contributed by atoms with Crippen LogP contribution in [0.1, 0.15) is 31.2 Å². The fourth-order valence-corrected chi connectivity index (χ4v) is 3.22. The number of carbonyl (C=O) groups is 1. The lowest BCUT2D eigenvalue weighted by molar-refractivity contribution is -0.139. The fourth-order valence-electron chi connectivity index (χ4n) is 3.22. The number of hydrogen-bond donors (Lipinski definition) is 2. The zero-order valence-electron chi connectivity index (χ0n) is 15.5. The van der Waals surface area contributed by atoms with Crippen LogP contribution in [0.3, 0.4) is 0 Å². The molecule has 0 atom stereocenters. The molecule has 7 heteroatoms. The van der Waals surface area contributed by atoms with E-state index in [0.717, 1.165) is 31.2 Å². The molecule has 1 amide bonds. The van der Waals surface area contributed by atoms with E-state index in [2.05, 4.69) is 20.8 Å². The number of aromatic nitrogens is 3. The highest BCUT2D eigenvalue weighted by Gasteiger charge is 2.41. The summed E-state index contributed by atoms with van der Waals surface area (Å²) in [7, 11) is 0. The predicted octanol–water partition coefficient (Wildman–Crippen LogP) is 1.47. The Bertz CT molecular complexity index is 720.